The number of amides is 1. The zero-order valence-electron chi connectivity index (χ0n) is 12.2. The molecule has 2 aromatic rings. The van der Waals surface area contributed by atoms with Crippen molar-refractivity contribution in [1.29, 1.82) is 0 Å². The van der Waals surface area contributed by atoms with E-state index < -0.39 is 0 Å². The first kappa shape index (κ1) is 13.2. The molecule has 1 saturated heterocycles. The van der Waals surface area contributed by atoms with E-state index in [4.69, 9.17) is 0 Å². The third kappa shape index (κ3) is 2.30. The van der Waals surface area contributed by atoms with E-state index >= 15 is 0 Å². The first-order valence-corrected chi connectivity index (χ1v) is 7.41. The van der Waals surface area contributed by atoms with Crippen molar-refractivity contribution >= 4 is 11.6 Å². The molecule has 106 valence electrons. The van der Waals surface area contributed by atoms with Crippen LogP contribution >= 0.6 is 0 Å². The molecule has 0 atom stereocenters. The molecule has 2 aromatic heterocycles. The van der Waals surface area contributed by atoms with Crippen molar-refractivity contribution in [3.05, 3.63) is 35.3 Å². The summed E-state index contributed by atoms with van der Waals surface area (Å²) in [6.45, 7) is 5.71. The maximum Gasteiger partial charge on any atom is 0.272 e. The molecule has 1 fully saturated rings. The molecular formula is C16H21N3O. The van der Waals surface area contributed by atoms with Gasteiger partial charge in [0.1, 0.15) is 11.3 Å². The summed E-state index contributed by atoms with van der Waals surface area (Å²) in [4.78, 5) is 19.3. The van der Waals surface area contributed by atoms with Crippen LogP contribution in [0.25, 0.3) is 5.65 Å². The fraction of sp³-hybridized carbons (Fsp3) is 0.500. The maximum absolute atomic E-state index is 12.8. The van der Waals surface area contributed by atoms with E-state index in [0.29, 0.717) is 0 Å². The Balaban J connectivity index is 2.00. The second-order valence-corrected chi connectivity index (χ2v) is 5.68. The number of rotatable bonds is 1. The zero-order valence-corrected chi connectivity index (χ0v) is 12.2. The van der Waals surface area contributed by atoms with Gasteiger partial charge in [-0.15, -0.1) is 0 Å². The van der Waals surface area contributed by atoms with Crippen LogP contribution in [0.4, 0.5) is 0 Å². The van der Waals surface area contributed by atoms with Gasteiger partial charge >= 0.3 is 0 Å². The van der Waals surface area contributed by atoms with Crippen molar-refractivity contribution in [2.45, 2.75) is 39.5 Å². The minimum absolute atomic E-state index is 0.126. The highest BCUT2D eigenvalue weighted by molar-refractivity contribution is 5.94. The Kier molecular flexibility index (Phi) is 3.47. The summed E-state index contributed by atoms with van der Waals surface area (Å²) in [5.74, 6) is 0.126. The smallest absolute Gasteiger partial charge is 0.272 e. The molecule has 0 aliphatic carbocycles. The summed E-state index contributed by atoms with van der Waals surface area (Å²) in [6, 6.07) is 4.04. The van der Waals surface area contributed by atoms with E-state index in [-0.39, 0.29) is 5.91 Å². The van der Waals surface area contributed by atoms with E-state index in [1.807, 2.05) is 41.5 Å². The van der Waals surface area contributed by atoms with Crippen LogP contribution in [-0.4, -0.2) is 33.3 Å². The lowest BCUT2D eigenvalue weighted by atomic mass is 10.2. The predicted molar refractivity (Wildman–Crippen MR) is 79.0 cm³/mol. The minimum Gasteiger partial charge on any atom is -0.337 e. The minimum atomic E-state index is 0.126. The van der Waals surface area contributed by atoms with Crippen LogP contribution in [0.1, 0.15) is 47.4 Å². The van der Waals surface area contributed by atoms with E-state index in [1.165, 1.54) is 12.8 Å². The fourth-order valence-corrected chi connectivity index (χ4v) is 2.95. The summed E-state index contributed by atoms with van der Waals surface area (Å²) in [7, 11) is 0. The summed E-state index contributed by atoms with van der Waals surface area (Å²) < 4.78 is 1.93. The average Bonchev–Trinajstić information content (AvgIpc) is 2.62. The number of carbonyl (C=O) groups is 1. The SMILES string of the molecule is Cc1ccn2c(C(=O)N3CCCCCC3)c(C)nc2c1. The van der Waals surface area contributed by atoms with Crippen molar-refractivity contribution in [2.24, 2.45) is 0 Å². The van der Waals surface area contributed by atoms with Crippen LogP contribution in [0.3, 0.4) is 0 Å². The number of imidazole rings is 1. The standard InChI is InChI=1S/C16H21N3O/c1-12-7-10-19-14(11-12)17-13(2)15(19)16(20)18-8-5-3-4-6-9-18/h7,10-11H,3-6,8-9H2,1-2H3. The highest BCUT2D eigenvalue weighted by Gasteiger charge is 2.23. The molecule has 3 rings (SSSR count). The lowest BCUT2D eigenvalue weighted by Crippen LogP contribution is -2.33. The van der Waals surface area contributed by atoms with Gasteiger partial charge in [0.05, 0.1) is 5.69 Å². The van der Waals surface area contributed by atoms with Gasteiger partial charge in [0.15, 0.2) is 0 Å². The Morgan fingerprint density at radius 3 is 2.55 bits per heavy atom. The highest BCUT2D eigenvalue weighted by atomic mass is 16.2. The van der Waals surface area contributed by atoms with Crippen molar-refractivity contribution in [2.75, 3.05) is 13.1 Å². The van der Waals surface area contributed by atoms with Gasteiger partial charge in [-0.3, -0.25) is 9.20 Å². The summed E-state index contributed by atoms with van der Waals surface area (Å²) in [5.41, 5.74) is 3.57. The number of nitrogens with zero attached hydrogens (tertiary/aromatic N) is 3. The number of hydrogen-bond donors (Lipinski definition) is 0. The molecular weight excluding hydrogens is 250 g/mol. The largest absolute Gasteiger partial charge is 0.337 e. The van der Waals surface area contributed by atoms with Crippen LogP contribution in [-0.2, 0) is 0 Å². The van der Waals surface area contributed by atoms with E-state index in [9.17, 15) is 4.79 Å². The van der Waals surface area contributed by atoms with Gasteiger partial charge in [-0.25, -0.2) is 4.98 Å². The van der Waals surface area contributed by atoms with E-state index in [1.54, 1.807) is 0 Å². The van der Waals surface area contributed by atoms with E-state index in [0.717, 1.165) is 48.5 Å². The Bertz CT molecular complexity index is 636. The van der Waals surface area contributed by atoms with E-state index in [2.05, 4.69) is 4.98 Å². The lowest BCUT2D eigenvalue weighted by Gasteiger charge is -2.20. The molecule has 1 aliphatic rings. The molecule has 0 N–H and O–H groups in total. The van der Waals surface area contributed by atoms with Crippen molar-refractivity contribution in [3.8, 4) is 0 Å². The molecule has 1 aliphatic heterocycles. The van der Waals surface area contributed by atoms with Crippen LogP contribution < -0.4 is 0 Å². The Morgan fingerprint density at radius 2 is 1.85 bits per heavy atom. The topological polar surface area (TPSA) is 37.6 Å². The quantitative estimate of drug-likeness (QED) is 0.799. The number of hydrogen-bond acceptors (Lipinski definition) is 2. The van der Waals surface area contributed by atoms with Crippen LogP contribution in [0, 0.1) is 13.8 Å². The normalized spacial score (nSPS) is 16.4. The third-order valence-electron chi connectivity index (χ3n) is 4.05. The first-order chi connectivity index (χ1) is 9.66. The number of likely N-dealkylation sites (tertiary alicyclic amines) is 1. The van der Waals surface area contributed by atoms with Crippen LogP contribution in [0.2, 0.25) is 0 Å². The second kappa shape index (κ2) is 5.27. The zero-order chi connectivity index (χ0) is 14.1. The number of carbonyl (C=O) groups excluding carboxylic acids is 1. The Labute approximate surface area is 119 Å². The Morgan fingerprint density at radius 1 is 1.15 bits per heavy atom. The molecule has 0 radical (unpaired) electrons. The van der Waals surface area contributed by atoms with Gasteiger partial charge in [-0.05, 0) is 44.4 Å². The molecule has 4 heteroatoms. The fourth-order valence-electron chi connectivity index (χ4n) is 2.95. The maximum atomic E-state index is 12.8. The molecule has 1 amide bonds. The van der Waals surface area contributed by atoms with Crippen LogP contribution in [0.15, 0.2) is 18.3 Å². The van der Waals surface area contributed by atoms with Crippen molar-refractivity contribution < 1.29 is 4.79 Å². The first-order valence-electron chi connectivity index (χ1n) is 7.41. The summed E-state index contributed by atoms with van der Waals surface area (Å²) in [5, 5.41) is 0. The molecule has 0 aromatic carbocycles. The van der Waals surface area contributed by atoms with Gasteiger partial charge < -0.3 is 4.90 Å². The lowest BCUT2D eigenvalue weighted by molar-refractivity contribution is 0.0754. The van der Waals surface area contributed by atoms with Gasteiger partial charge in [-0.2, -0.15) is 0 Å². The molecule has 0 bridgehead atoms. The predicted octanol–water partition coefficient (Wildman–Crippen LogP) is 2.97. The van der Waals surface area contributed by atoms with Gasteiger partial charge in [0.25, 0.3) is 5.91 Å². The summed E-state index contributed by atoms with van der Waals surface area (Å²) in [6.07, 6.45) is 6.64. The van der Waals surface area contributed by atoms with Crippen molar-refractivity contribution in [3.63, 3.8) is 0 Å². The number of pyridine rings is 1. The number of aromatic nitrogens is 2. The molecule has 0 unspecified atom stereocenters. The third-order valence-corrected chi connectivity index (χ3v) is 4.05. The Hall–Kier alpha value is -1.84. The number of fused-ring (bicyclic) bond motifs is 1. The monoisotopic (exact) mass is 271 g/mol. The van der Waals surface area contributed by atoms with Gasteiger partial charge in [-0.1, -0.05) is 12.8 Å². The molecule has 3 heterocycles. The highest BCUT2D eigenvalue weighted by Crippen LogP contribution is 2.18. The van der Waals surface area contributed by atoms with Crippen molar-refractivity contribution in [1.82, 2.24) is 14.3 Å². The molecule has 0 spiro atoms. The summed E-state index contributed by atoms with van der Waals surface area (Å²) >= 11 is 0. The van der Waals surface area contributed by atoms with Gasteiger partial charge in [0, 0.05) is 19.3 Å². The van der Waals surface area contributed by atoms with Crippen LogP contribution in [0.5, 0.6) is 0 Å². The van der Waals surface area contributed by atoms with Gasteiger partial charge in [0.2, 0.25) is 0 Å². The molecule has 4 nitrogen and oxygen atoms in total. The molecule has 20 heavy (non-hydrogen) atoms. The average molecular weight is 271 g/mol. The number of aryl methyl sites for hydroxylation is 2. The second-order valence-electron chi connectivity index (χ2n) is 5.68. The molecule has 0 saturated carbocycles.